The number of hydrogen-bond donors (Lipinski definition) is 2. The molecule has 2 rings (SSSR count). The van der Waals surface area contributed by atoms with E-state index in [9.17, 15) is 4.79 Å². The minimum Gasteiger partial charge on any atom is -0.368 e. The van der Waals surface area contributed by atoms with Crippen LogP contribution < -0.4 is 11.5 Å². The fourth-order valence-corrected chi connectivity index (χ4v) is 1.83. The van der Waals surface area contributed by atoms with E-state index >= 15 is 0 Å². The Morgan fingerprint density at radius 3 is 2.88 bits per heavy atom. The third-order valence-electron chi connectivity index (χ3n) is 3.28. The van der Waals surface area contributed by atoms with Crippen LogP contribution in [0.2, 0.25) is 0 Å². The highest BCUT2D eigenvalue weighted by atomic mass is 16.1. The van der Waals surface area contributed by atoms with E-state index in [1.807, 2.05) is 12.4 Å². The van der Waals surface area contributed by atoms with Crippen LogP contribution in [-0.2, 0) is 11.3 Å². The molecule has 1 aliphatic rings. The highest BCUT2D eigenvalue weighted by molar-refractivity contribution is 5.83. The maximum Gasteiger partial charge on any atom is 0.239 e. The van der Waals surface area contributed by atoms with Gasteiger partial charge in [-0.3, -0.25) is 9.48 Å². The fourth-order valence-electron chi connectivity index (χ4n) is 1.83. The Kier molecular flexibility index (Phi) is 2.71. The van der Waals surface area contributed by atoms with Crippen molar-refractivity contribution in [1.29, 1.82) is 0 Å². The van der Waals surface area contributed by atoms with Crippen molar-refractivity contribution in [2.45, 2.75) is 44.2 Å². The molecule has 4 N–H and O–H groups in total. The summed E-state index contributed by atoms with van der Waals surface area (Å²) in [6.07, 6.45) is 7.60. The SMILES string of the molecule is CC(N)(Cn1cc(C2CCC2)cn1)C(N)=O. The van der Waals surface area contributed by atoms with E-state index in [0.29, 0.717) is 12.5 Å². The smallest absolute Gasteiger partial charge is 0.239 e. The number of aromatic nitrogens is 2. The number of carbonyl (C=O) groups is 1. The van der Waals surface area contributed by atoms with Crippen molar-refractivity contribution in [3.63, 3.8) is 0 Å². The quantitative estimate of drug-likeness (QED) is 0.770. The Morgan fingerprint density at radius 1 is 1.69 bits per heavy atom. The van der Waals surface area contributed by atoms with Crippen LogP contribution in [0.1, 0.15) is 37.7 Å². The van der Waals surface area contributed by atoms with Crippen molar-refractivity contribution in [1.82, 2.24) is 9.78 Å². The number of carbonyl (C=O) groups excluding carboxylic acids is 1. The van der Waals surface area contributed by atoms with Crippen LogP contribution in [0, 0.1) is 0 Å². The maximum absolute atomic E-state index is 11.1. The number of amides is 1. The molecular weight excluding hydrogens is 204 g/mol. The van der Waals surface area contributed by atoms with E-state index in [4.69, 9.17) is 11.5 Å². The van der Waals surface area contributed by atoms with E-state index in [1.54, 1.807) is 11.6 Å². The van der Waals surface area contributed by atoms with Crippen LogP contribution in [0.15, 0.2) is 12.4 Å². The van der Waals surface area contributed by atoms with Gasteiger partial charge in [-0.15, -0.1) is 0 Å². The number of primary amides is 1. The second-order valence-corrected chi connectivity index (χ2v) is 4.88. The summed E-state index contributed by atoms with van der Waals surface area (Å²) in [6, 6.07) is 0. The highest BCUT2D eigenvalue weighted by Crippen LogP contribution is 2.35. The monoisotopic (exact) mass is 222 g/mol. The predicted octanol–water partition coefficient (Wildman–Crippen LogP) is 0.353. The molecule has 1 unspecified atom stereocenters. The zero-order valence-electron chi connectivity index (χ0n) is 9.52. The molecule has 0 bridgehead atoms. The minimum atomic E-state index is -1.04. The van der Waals surface area contributed by atoms with Crippen LogP contribution in [0.3, 0.4) is 0 Å². The average molecular weight is 222 g/mol. The molecule has 1 atom stereocenters. The Labute approximate surface area is 94.8 Å². The van der Waals surface area contributed by atoms with Gasteiger partial charge in [-0.2, -0.15) is 5.10 Å². The average Bonchev–Trinajstić information content (AvgIpc) is 2.48. The fraction of sp³-hybridized carbons (Fsp3) is 0.636. The first-order chi connectivity index (χ1) is 7.49. The van der Waals surface area contributed by atoms with Gasteiger partial charge < -0.3 is 11.5 Å². The summed E-state index contributed by atoms with van der Waals surface area (Å²) in [4.78, 5) is 11.1. The van der Waals surface area contributed by atoms with Gasteiger partial charge >= 0.3 is 0 Å². The lowest BCUT2D eigenvalue weighted by molar-refractivity contribution is -0.123. The van der Waals surface area contributed by atoms with Gasteiger partial charge in [0, 0.05) is 6.20 Å². The summed E-state index contributed by atoms with van der Waals surface area (Å²) in [7, 11) is 0. The summed E-state index contributed by atoms with van der Waals surface area (Å²) in [5, 5.41) is 4.22. The third-order valence-corrected chi connectivity index (χ3v) is 3.28. The summed E-state index contributed by atoms with van der Waals surface area (Å²) in [5.74, 6) is 0.138. The standard InChI is InChI=1S/C11H18N4O/c1-11(13,10(12)16)7-15-6-9(5-14-15)8-3-2-4-8/h5-6,8H,2-4,7,13H2,1H3,(H2,12,16). The summed E-state index contributed by atoms with van der Waals surface area (Å²) in [5.41, 5.74) is 11.2. The Bertz CT molecular complexity index is 392. The number of rotatable bonds is 4. The van der Waals surface area contributed by atoms with Crippen LogP contribution in [0.25, 0.3) is 0 Å². The Morgan fingerprint density at radius 2 is 2.38 bits per heavy atom. The van der Waals surface area contributed by atoms with Gasteiger partial charge in [-0.1, -0.05) is 6.42 Å². The number of nitrogens with two attached hydrogens (primary N) is 2. The van der Waals surface area contributed by atoms with Gasteiger partial charge in [-0.25, -0.2) is 0 Å². The number of nitrogens with zero attached hydrogens (tertiary/aromatic N) is 2. The van der Waals surface area contributed by atoms with Crippen molar-refractivity contribution in [3.05, 3.63) is 18.0 Å². The molecule has 88 valence electrons. The molecule has 0 saturated heterocycles. The third kappa shape index (κ3) is 2.09. The molecule has 1 heterocycles. The summed E-state index contributed by atoms with van der Waals surface area (Å²) >= 11 is 0. The molecule has 16 heavy (non-hydrogen) atoms. The van der Waals surface area contributed by atoms with Gasteiger partial charge in [0.15, 0.2) is 0 Å². The number of hydrogen-bond acceptors (Lipinski definition) is 3. The molecule has 1 aromatic rings. The van der Waals surface area contributed by atoms with E-state index in [0.717, 1.165) is 0 Å². The van der Waals surface area contributed by atoms with Crippen molar-refractivity contribution in [3.8, 4) is 0 Å². The molecule has 0 spiro atoms. The van der Waals surface area contributed by atoms with Gasteiger partial charge in [0.05, 0.1) is 12.7 Å². The van der Waals surface area contributed by atoms with Crippen LogP contribution in [0.5, 0.6) is 0 Å². The topological polar surface area (TPSA) is 86.9 Å². The Hall–Kier alpha value is -1.36. The van der Waals surface area contributed by atoms with Gasteiger partial charge in [-0.05, 0) is 31.2 Å². The van der Waals surface area contributed by atoms with E-state index in [-0.39, 0.29) is 0 Å². The first-order valence-electron chi connectivity index (χ1n) is 5.60. The molecule has 0 aromatic carbocycles. The molecule has 5 nitrogen and oxygen atoms in total. The second-order valence-electron chi connectivity index (χ2n) is 4.88. The lowest BCUT2D eigenvalue weighted by Crippen LogP contribution is -2.52. The molecule has 5 heteroatoms. The van der Waals surface area contributed by atoms with Crippen LogP contribution in [0.4, 0.5) is 0 Å². The molecule has 1 amide bonds. The Balaban J connectivity index is 2.04. The molecule has 1 aliphatic carbocycles. The molecule has 1 aromatic heterocycles. The molecule has 0 radical (unpaired) electrons. The predicted molar refractivity (Wildman–Crippen MR) is 60.6 cm³/mol. The molecule has 0 aliphatic heterocycles. The van der Waals surface area contributed by atoms with E-state index in [2.05, 4.69) is 5.10 Å². The summed E-state index contributed by atoms with van der Waals surface area (Å²) < 4.78 is 1.71. The molecule has 1 fully saturated rings. The zero-order valence-corrected chi connectivity index (χ0v) is 9.52. The first kappa shape index (κ1) is 11.1. The minimum absolute atomic E-state index is 0.328. The van der Waals surface area contributed by atoms with Crippen molar-refractivity contribution < 1.29 is 4.79 Å². The first-order valence-corrected chi connectivity index (χ1v) is 5.60. The van der Waals surface area contributed by atoms with E-state index < -0.39 is 11.4 Å². The van der Waals surface area contributed by atoms with Gasteiger partial charge in [0.2, 0.25) is 5.91 Å². The maximum atomic E-state index is 11.1. The highest BCUT2D eigenvalue weighted by Gasteiger charge is 2.27. The van der Waals surface area contributed by atoms with Crippen molar-refractivity contribution in [2.75, 3.05) is 0 Å². The van der Waals surface area contributed by atoms with Gasteiger partial charge in [0.1, 0.15) is 5.54 Å². The largest absolute Gasteiger partial charge is 0.368 e. The van der Waals surface area contributed by atoms with Crippen LogP contribution >= 0.6 is 0 Å². The zero-order chi connectivity index (χ0) is 11.8. The lowest BCUT2D eigenvalue weighted by atomic mass is 9.81. The lowest BCUT2D eigenvalue weighted by Gasteiger charge is -2.24. The normalized spacial score (nSPS) is 20.1. The van der Waals surface area contributed by atoms with Crippen LogP contribution in [-0.4, -0.2) is 21.2 Å². The summed E-state index contributed by atoms with van der Waals surface area (Å²) in [6.45, 7) is 1.95. The molecule has 1 saturated carbocycles. The van der Waals surface area contributed by atoms with Crippen molar-refractivity contribution >= 4 is 5.91 Å². The molecular formula is C11H18N4O. The van der Waals surface area contributed by atoms with Gasteiger partial charge in [0.25, 0.3) is 0 Å². The van der Waals surface area contributed by atoms with Crippen molar-refractivity contribution in [2.24, 2.45) is 11.5 Å². The van der Waals surface area contributed by atoms with E-state index in [1.165, 1.54) is 24.8 Å². The second kappa shape index (κ2) is 3.90.